The second kappa shape index (κ2) is 8.29. The molecule has 3 unspecified atom stereocenters. The van der Waals surface area contributed by atoms with Crippen LogP contribution in [0.1, 0.15) is 66.9 Å². The first-order chi connectivity index (χ1) is 16.1. The summed E-state index contributed by atoms with van der Waals surface area (Å²) >= 11 is 0. The lowest BCUT2D eigenvalue weighted by Gasteiger charge is -2.42. The van der Waals surface area contributed by atoms with Crippen molar-refractivity contribution in [2.45, 2.75) is 61.3 Å². The highest BCUT2D eigenvalue weighted by molar-refractivity contribution is 5.84. The van der Waals surface area contributed by atoms with E-state index < -0.39 is 5.41 Å². The fourth-order valence-electron chi connectivity index (χ4n) is 5.73. The number of aliphatic hydroxyl groups is 1. The van der Waals surface area contributed by atoms with Gasteiger partial charge < -0.3 is 10.2 Å². The van der Waals surface area contributed by atoms with E-state index in [1.807, 2.05) is 12.1 Å². The van der Waals surface area contributed by atoms with Crippen molar-refractivity contribution in [3.63, 3.8) is 0 Å². The highest BCUT2D eigenvalue weighted by atomic mass is 16.3. The van der Waals surface area contributed by atoms with Gasteiger partial charge in [0.15, 0.2) is 0 Å². The molecule has 2 nitrogen and oxygen atoms in total. The Balaban J connectivity index is 1.81. The summed E-state index contributed by atoms with van der Waals surface area (Å²) in [5.41, 5.74) is 2.60. The third-order valence-corrected chi connectivity index (χ3v) is 8.15. The Morgan fingerprint density at radius 3 is 2.00 bits per heavy atom. The molecule has 0 saturated carbocycles. The molecule has 2 aliphatic rings. The molecule has 0 aromatic heterocycles. The summed E-state index contributed by atoms with van der Waals surface area (Å²) in [5.74, 6) is 0.717. The van der Waals surface area contributed by atoms with Crippen LogP contribution in [0.2, 0.25) is 0 Å². The molecule has 0 saturated heterocycles. The molecule has 3 atom stereocenters. The molecule has 184 valence electrons. The predicted octanol–water partition coefficient (Wildman–Crippen LogP) is 9.17. The molecule has 0 amide bonds. The van der Waals surface area contributed by atoms with E-state index in [1.165, 1.54) is 5.56 Å². The highest BCUT2D eigenvalue weighted by Gasteiger charge is 2.41. The van der Waals surface area contributed by atoms with Crippen LogP contribution in [0.15, 0.2) is 95.8 Å². The molecule has 0 bridgehead atoms. The average Bonchev–Trinajstić information content (AvgIpc) is 2.97. The molecule has 4 rings (SSSR count). The van der Waals surface area contributed by atoms with Gasteiger partial charge in [-0.15, -0.1) is 0 Å². The predicted molar refractivity (Wildman–Crippen MR) is 149 cm³/mol. The van der Waals surface area contributed by atoms with Crippen LogP contribution in [0.5, 0.6) is 5.75 Å². The van der Waals surface area contributed by atoms with Crippen molar-refractivity contribution in [2.75, 3.05) is 0 Å². The average molecular weight is 469 g/mol. The molecule has 0 radical (unpaired) electrons. The van der Waals surface area contributed by atoms with Crippen molar-refractivity contribution in [3.05, 3.63) is 101 Å². The Bertz CT molecular complexity index is 1300. The SMILES string of the molecule is CC(C)(C)C(c1ccc2cc(O)ccc2c1)C1(C)C=CC2=C(C=CC(C)(C(C)(C)C)C=C2)C(O)=C1. The topological polar surface area (TPSA) is 40.5 Å². The van der Waals surface area contributed by atoms with E-state index in [-0.39, 0.29) is 27.9 Å². The van der Waals surface area contributed by atoms with Crippen molar-refractivity contribution < 1.29 is 10.2 Å². The molecule has 2 aromatic rings. The minimum Gasteiger partial charge on any atom is -0.508 e. The molecule has 2 N–H and O–H groups in total. The molecule has 0 heterocycles. The Labute approximate surface area is 211 Å². The van der Waals surface area contributed by atoms with E-state index in [1.54, 1.807) is 12.1 Å². The number of aliphatic hydroxyl groups excluding tert-OH is 1. The van der Waals surface area contributed by atoms with Crippen LogP contribution >= 0.6 is 0 Å². The summed E-state index contributed by atoms with van der Waals surface area (Å²) in [6.45, 7) is 18.0. The van der Waals surface area contributed by atoms with E-state index in [4.69, 9.17) is 0 Å². The number of fused-ring (bicyclic) bond motifs is 1. The summed E-state index contributed by atoms with van der Waals surface area (Å²) in [5, 5.41) is 23.4. The van der Waals surface area contributed by atoms with Crippen LogP contribution in [0.3, 0.4) is 0 Å². The molecule has 0 aliphatic heterocycles. The zero-order valence-corrected chi connectivity index (χ0v) is 22.5. The Morgan fingerprint density at radius 2 is 1.34 bits per heavy atom. The quantitative estimate of drug-likeness (QED) is 0.461. The lowest BCUT2D eigenvalue weighted by atomic mass is 9.61. The summed E-state index contributed by atoms with van der Waals surface area (Å²) in [4.78, 5) is 0. The fourth-order valence-corrected chi connectivity index (χ4v) is 5.73. The van der Waals surface area contributed by atoms with Gasteiger partial charge >= 0.3 is 0 Å². The lowest BCUT2D eigenvalue weighted by molar-refractivity contribution is 0.221. The first-order valence-electron chi connectivity index (χ1n) is 12.6. The van der Waals surface area contributed by atoms with Gasteiger partial charge in [-0.25, -0.2) is 0 Å². The molecule has 2 heteroatoms. The minimum absolute atomic E-state index is 0.0619. The number of allylic oxidation sites excluding steroid dienone is 8. The fraction of sp³-hybridized carbons (Fsp3) is 0.394. The summed E-state index contributed by atoms with van der Waals surface area (Å²) in [6.07, 6.45) is 15.3. The Morgan fingerprint density at radius 1 is 0.743 bits per heavy atom. The number of phenols is 1. The molecule has 0 fully saturated rings. The third-order valence-electron chi connectivity index (χ3n) is 8.15. The zero-order valence-electron chi connectivity index (χ0n) is 22.5. The van der Waals surface area contributed by atoms with Crippen LogP contribution < -0.4 is 0 Å². The van der Waals surface area contributed by atoms with Crippen LogP contribution in [0.25, 0.3) is 10.8 Å². The van der Waals surface area contributed by atoms with Gasteiger partial charge in [0.1, 0.15) is 11.5 Å². The molecule has 35 heavy (non-hydrogen) atoms. The second-order valence-corrected chi connectivity index (χ2v) is 12.9. The van der Waals surface area contributed by atoms with Gasteiger partial charge in [0.05, 0.1) is 0 Å². The molecular weight excluding hydrogens is 428 g/mol. The van der Waals surface area contributed by atoms with Gasteiger partial charge in [-0.2, -0.15) is 0 Å². The van der Waals surface area contributed by atoms with Crippen molar-refractivity contribution >= 4 is 10.8 Å². The third kappa shape index (κ3) is 4.63. The minimum atomic E-state index is -0.409. The van der Waals surface area contributed by atoms with Gasteiger partial charge in [-0.1, -0.05) is 116 Å². The summed E-state index contributed by atoms with van der Waals surface area (Å²) in [7, 11) is 0. The van der Waals surface area contributed by atoms with Crippen LogP contribution in [0, 0.1) is 21.7 Å². The van der Waals surface area contributed by atoms with Crippen LogP contribution in [-0.2, 0) is 0 Å². The van der Waals surface area contributed by atoms with E-state index >= 15 is 0 Å². The lowest BCUT2D eigenvalue weighted by Crippen LogP contribution is -2.32. The number of hydrogen-bond acceptors (Lipinski definition) is 2. The van der Waals surface area contributed by atoms with Gasteiger partial charge in [-0.05, 0) is 50.9 Å². The Hall–Kier alpha value is -3.00. The number of rotatable bonds is 2. The largest absolute Gasteiger partial charge is 0.508 e. The summed E-state index contributed by atoms with van der Waals surface area (Å²) < 4.78 is 0. The van der Waals surface area contributed by atoms with E-state index in [9.17, 15) is 10.2 Å². The first kappa shape index (κ1) is 25.1. The van der Waals surface area contributed by atoms with Crippen molar-refractivity contribution in [3.8, 4) is 5.75 Å². The number of hydrogen-bond donors (Lipinski definition) is 2. The highest BCUT2D eigenvalue weighted by Crippen LogP contribution is 2.52. The maximum Gasteiger partial charge on any atom is 0.120 e. The zero-order chi connectivity index (χ0) is 25.8. The van der Waals surface area contributed by atoms with E-state index in [0.29, 0.717) is 5.76 Å². The van der Waals surface area contributed by atoms with Gasteiger partial charge in [0.25, 0.3) is 0 Å². The van der Waals surface area contributed by atoms with Crippen LogP contribution in [0.4, 0.5) is 0 Å². The summed E-state index contributed by atoms with van der Waals surface area (Å²) in [6, 6.07) is 12.0. The molecule has 2 aromatic carbocycles. The van der Waals surface area contributed by atoms with E-state index in [2.05, 4.69) is 110 Å². The van der Waals surface area contributed by atoms with E-state index in [0.717, 1.165) is 21.9 Å². The monoisotopic (exact) mass is 468 g/mol. The molecular formula is C33H40O2. The molecule has 0 spiro atoms. The maximum atomic E-state index is 11.4. The number of phenolic OH excluding ortho intramolecular Hbond substituents is 1. The van der Waals surface area contributed by atoms with Crippen LogP contribution in [-0.4, -0.2) is 10.2 Å². The van der Waals surface area contributed by atoms with Crippen molar-refractivity contribution in [1.82, 2.24) is 0 Å². The number of benzene rings is 2. The number of aromatic hydroxyl groups is 1. The molecule has 2 aliphatic carbocycles. The standard InChI is InChI=1S/C33H40O2/c1-30(2,3)29(25-10-9-24-20-26(34)12-11-23(24)19-25)32(7)16-13-22-14-17-33(8,31(4,5)6)18-15-27(22)28(35)21-32/h9-21,29,34-35H,1-8H3. The van der Waals surface area contributed by atoms with Crippen molar-refractivity contribution in [2.24, 2.45) is 21.7 Å². The van der Waals surface area contributed by atoms with Gasteiger partial charge in [0, 0.05) is 22.3 Å². The van der Waals surface area contributed by atoms with Gasteiger partial charge in [-0.3, -0.25) is 0 Å². The smallest absolute Gasteiger partial charge is 0.120 e. The Kier molecular flexibility index (Phi) is 5.95. The first-order valence-corrected chi connectivity index (χ1v) is 12.6. The maximum absolute atomic E-state index is 11.4. The van der Waals surface area contributed by atoms with Crippen molar-refractivity contribution in [1.29, 1.82) is 0 Å². The van der Waals surface area contributed by atoms with Gasteiger partial charge in [0.2, 0.25) is 0 Å². The second-order valence-electron chi connectivity index (χ2n) is 12.9. The normalized spacial score (nSPS) is 25.8.